The molecule has 0 saturated heterocycles. The highest BCUT2D eigenvalue weighted by Gasteiger charge is 2.44. The van der Waals surface area contributed by atoms with E-state index in [-0.39, 0.29) is 28.9 Å². The van der Waals surface area contributed by atoms with Crippen molar-refractivity contribution < 1.29 is 32.0 Å². The summed E-state index contributed by atoms with van der Waals surface area (Å²) in [6, 6.07) is 5.32. The van der Waals surface area contributed by atoms with E-state index in [9.17, 15) is 23.1 Å². The van der Waals surface area contributed by atoms with E-state index in [0.29, 0.717) is 24.8 Å². The van der Waals surface area contributed by atoms with Gasteiger partial charge >= 0.3 is 5.97 Å². The summed E-state index contributed by atoms with van der Waals surface area (Å²) in [5.74, 6) is -1.54. The van der Waals surface area contributed by atoms with Crippen LogP contribution in [0.3, 0.4) is 0 Å². The lowest BCUT2D eigenvalue weighted by atomic mass is 9.82. The number of ether oxygens (including phenoxy) is 1. The highest BCUT2D eigenvalue weighted by atomic mass is 32.2. The number of hydrogen-bond acceptors (Lipinski definition) is 6. The zero-order valence-corrected chi connectivity index (χ0v) is 20.1. The van der Waals surface area contributed by atoms with E-state index >= 15 is 0 Å². The maximum Gasteiger partial charge on any atom is 0.331 e. The van der Waals surface area contributed by atoms with E-state index in [1.54, 1.807) is 12.1 Å². The molecule has 0 aromatic heterocycles. The van der Waals surface area contributed by atoms with Gasteiger partial charge in [-0.1, -0.05) is 38.5 Å². The lowest BCUT2D eigenvalue weighted by molar-refractivity contribution is -0.134. The first-order valence-electron chi connectivity index (χ1n) is 10.9. The van der Waals surface area contributed by atoms with Gasteiger partial charge in [0.2, 0.25) is 5.91 Å². The maximum atomic E-state index is 13.0. The van der Waals surface area contributed by atoms with Crippen molar-refractivity contribution in [2.75, 3.05) is 0 Å². The number of carboxylic acids is 1. The third kappa shape index (κ3) is 6.17. The van der Waals surface area contributed by atoms with Crippen LogP contribution in [0.1, 0.15) is 58.9 Å². The first kappa shape index (κ1) is 26.0. The van der Waals surface area contributed by atoms with Crippen LogP contribution in [-0.2, 0) is 28.6 Å². The first-order valence-corrected chi connectivity index (χ1v) is 12.3. The van der Waals surface area contributed by atoms with Crippen LogP contribution < -0.4 is 5.32 Å². The molecule has 0 radical (unpaired) electrons. The molecule has 178 valence electrons. The Morgan fingerprint density at radius 3 is 2.22 bits per heavy atom. The van der Waals surface area contributed by atoms with Crippen LogP contribution in [0.2, 0.25) is 0 Å². The summed E-state index contributed by atoms with van der Waals surface area (Å²) >= 11 is 0. The number of carbonyl (C=O) groups excluding carboxylic acids is 1. The molecule has 0 unspecified atom stereocenters. The van der Waals surface area contributed by atoms with Crippen molar-refractivity contribution in [2.45, 2.75) is 89.6 Å². The van der Waals surface area contributed by atoms with Crippen LogP contribution in [0.25, 0.3) is 0 Å². The summed E-state index contributed by atoms with van der Waals surface area (Å²) in [7, 11) is -4.20. The number of carboxylic acid groups (broad SMARTS) is 1. The summed E-state index contributed by atoms with van der Waals surface area (Å²) in [6.45, 7) is 8.88. The fraction of sp³-hybridized carbons (Fsp3) is 0.565. The molecule has 1 aliphatic carbocycles. The number of hydrogen-bond donors (Lipinski definition) is 2. The van der Waals surface area contributed by atoms with Gasteiger partial charge in [-0.15, -0.1) is 0 Å². The molecule has 0 aliphatic heterocycles. The van der Waals surface area contributed by atoms with Gasteiger partial charge in [-0.05, 0) is 43.9 Å². The Labute approximate surface area is 190 Å². The van der Waals surface area contributed by atoms with E-state index in [4.69, 9.17) is 8.92 Å². The van der Waals surface area contributed by atoms with Crippen LogP contribution in [0, 0.1) is 6.92 Å². The fourth-order valence-electron chi connectivity index (χ4n) is 3.96. The van der Waals surface area contributed by atoms with E-state index < -0.39 is 34.3 Å². The number of benzene rings is 1. The number of aryl methyl sites for hydroxylation is 1. The molecule has 0 heterocycles. The minimum Gasteiger partial charge on any atom is -0.478 e. The van der Waals surface area contributed by atoms with Crippen LogP contribution in [0.15, 0.2) is 40.3 Å². The molecular weight excluding hydrogens is 434 g/mol. The van der Waals surface area contributed by atoms with Crippen LogP contribution in [0.5, 0.6) is 0 Å². The lowest BCUT2D eigenvalue weighted by Gasteiger charge is -2.40. The fourth-order valence-corrected chi connectivity index (χ4v) is 5.05. The SMILES string of the molecule is CCC1=C(C(=O)O)C[C@@H](OS(=O)(=O)c2ccc(C)cc2)[C@H](NC(C)=O)[C@@H]1OC(CC)CC. The monoisotopic (exact) mass is 467 g/mol. The summed E-state index contributed by atoms with van der Waals surface area (Å²) in [5.41, 5.74) is 1.49. The minimum absolute atomic E-state index is 0.0377. The summed E-state index contributed by atoms with van der Waals surface area (Å²) < 4.78 is 37.7. The molecule has 0 fully saturated rings. The summed E-state index contributed by atoms with van der Waals surface area (Å²) in [4.78, 5) is 24.0. The van der Waals surface area contributed by atoms with Crippen LogP contribution >= 0.6 is 0 Å². The van der Waals surface area contributed by atoms with Crippen molar-refractivity contribution in [2.24, 2.45) is 0 Å². The zero-order chi connectivity index (χ0) is 24.1. The second-order valence-corrected chi connectivity index (χ2v) is 9.56. The molecule has 3 atom stereocenters. The Morgan fingerprint density at radius 1 is 1.16 bits per heavy atom. The number of carbonyl (C=O) groups is 2. The highest BCUT2D eigenvalue weighted by molar-refractivity contribution is 7.86. The second kappa shape index (κ2) is 11.1. The molecule has 9 heteroatoms. The Hall–Kier alpha value is -2.23. The highest BCUT2D eigenvalue weighted by Crippen LogP contribution is 2.35. The molecule has 2 rings (SSSR count). The predicted molar refractivity (Wildman–Crippen MR) is 120 cm³/mol. The lowest BCUT2D eigenvalue weighted by Crippen LogP contribution is -2.56. The molecule has 32 heavy (non-hydrogen) atoms. The molecular formula is C23H33NO7S. The molecule has 0 bridgehead atoms. The average Bonchev–Trinajstić information content (AvgIpc) is 2.73. The third-order valence-electron chi connectivity index (χ3n) is 5.68. The van der Waals surface area contributed by atoms with Crippen molar-refractivity contribution in [3.05, 3.63) is 41.0 Å². The van der Waals surface area contributed by atoms with Crippen molar-refractivity contribution in [1.29, 1.82) is 0 Å². The molecule has 8 nitrogen and oxygen atoms in total. The van der Waals surface area contributed by atoms with E-state index in [2.05, 4.69) is 5.32 Å². The molecule has 1 aromatic rings. The van der Waals surface area contributed by atoms with Gasteiger partial charge < -0.3 is 15.2 Å². The summed E-state index contributed by atoms with van der Waals surface area (Å²) in [6.07, 6.45) is -0.533. The Morgan fingerprint density at radius 2 is 1.75 bits per heavy atom. The zero-order valence-electron chi connectivity index (χ0n) is 19.3. The molecule has 1 aromatic carbocycles. The normalized spacial score (nSPS) is 21.6. The smallest absolute Gasteiger partial charge is 0.331 e. The Balaban J connectivity index is 2.53. The predicted octanol–water partition coefficient (Wildman–Crippen LogP) is 3.34. The van der Waals surface area contributed by atoms with Gasteiger partial charge in [0.25, 0.3) is 10.1 Å². The van der Waals surface area contributed by atoms with Gasteiger partial charge in [0.15, 0.2) is 0 Å². The maximum absolute atomic E-state index is 13.0. The molecule has 1 aliphatic rings. The van der Waals surface area contributed by atoms with Crippen LogP contribution in [-0.4, -0.2) is 49.8 Å². The van der Waals surface area contributed by atoms with Crippen molar-refractivity contribution in [3.8, 4) is 0 Å². The van der Waals surface area contributed by atoms with E-state index in [1.807, 2.05) is 27.7 Å². The minimum atomic E-state index is -4.20. The summed E-state index contributed by atoms with van der Waals surface area (Å²) in [5, 5.41) is 12.6. The third-order valence-corrected chi connectivity index (χ3v) is 7.03. The van der Waals surface area contributed by atoms with Gasteiger partial charge in [-0.2, -0.15) is 8.42 Å². The van der Waals surface area contributed by atoms with Gasteiger partial charge in [-0.3, -0.25) is 8.98 Å². The number of nitrogens with one attached hydrogen (secondary N) is 1. The van der Waals surface area contributed by atoms with Gasteiger partial charge in [0, 0.05) is 18.9 Å². The topological polar surface area (TPSA) is 119 Å². The van der Waals surface area contributed by atoms with Crippen molar-refractivity contribution >= 4 is 22.0 Å². The number of aliphatic carboxylic acids is 1. The standard InChI is InChI=1S/C23H33NO7S/c1-6-16(7-2)30-22-18(8-3)19(23(26)27)13-20(21(22)24-15(5)25)31-32(28,29)17-11-9-14(4)10-12-17/h9-12,16,20-22H,6-8,13H2,1-5H3,(H,24,25)(H,26,27)/t20-,21+,22-/m1/s1. The molecule has 1 amide bonds. The largest absolute Gasteiger partial charge is 0.478 e. The number of rotatable bonds is 10. The van der Waals surface area contributed by atoms with Crippen molar-refractivity contribution in [1.82, 2.24) is 5.32 Å². The van der Waals surface area contributed by atoms with Gasteiger partial charge in [0.05, 0.1) is 17.0 Å². The van der Waals surface area contributed by atoms with Crippen molar-refractivity contribution in [3.63, 3.8) is 0 Å². The van der Waals surface area contributed by atoms with E-state index in [1.165, 1.54) is 19.1 Å². The molecule has 0 spiro atoms. The molecule has 0 saturated carbocycles. The molecule has 2 N–H and O–H groups in total. The average molecular weight is 468 g/mol. The Bertz CT molecular complexity index is 949. The Kier molecular flexibility index (Phi) is 9.00. The number of amides is 1. The van der Waals surface area contributed by atoms with E-state index in [0.717, 1.165) is 5.56 Å². The quantitative estimate of drug-likeness (QED) is 0.507. The first-order chi connectivity index (χ1) is 15.0. The van der Waals surface area contributed by atoms with Crippen LogP contribution in [0.4, 0.5) is 0 Å². The van der Waals surface area contributed by atoms with Gasteiger partial charge in [0.1, 0.15) is 12.2 Å². The van der Waals surface area contributed by atoms with Gasteiger partial charge in [-0.25, -0.2) is 4.79 Å². The second-order valence-electron chi connectivity index (χ2n) is 7.99.